The van der Waals surface area contributed by atoms with Crippen LogP contribution in [0.3, 0.4) is 0 Å². The van der Waals surface area contributed by atoms with Gasteiger partial charge in [0.1, 0.15) is 6.54 Å². The fourth-order valence-electron chi connectivity index (χ4n) is 2.56. The highest BCUT2D eigenvalue weighted by Gasteiger charge is 2.30. The molecule has 0 radical (unpaired) electrons. The Morgan fingerprint density at radius 3 is 2.48 bits per heavy atom. The van der Waals surface area contributed by atoms with E-state index in [1.807, 2.05) is 6.92 Å². The second-order valence-corrected chi connectivity index (χ2v) is 7.42. The Labute approximate surface area is 157 Å². The summed E-state index contributed by atoms with van der Waals surface area (Å²) in [6.45, 7) is 3.06. The second kappa shape index (κ2) is 8.63. The van der Waals surface area contributed by atoms with Crippen molar-refractivity contribution in [1.82, 2.24) is 0 Å². The summed E-state index contributed by atoms with van der Waals surface area (Å²) < 4.78 is 32.3. The van der Waals surface area contributed by atoms with Crippen LogP contribution in [0.15, 0.2) is 53.4 Å². The molecule has 0 N–H and O–H groups in total. The predicted molar refractivity (Wildman–Crippen MR) is 100 cm³/mol. The SMILES string of the molecule is CCOC(=O)CN(c1ccccc1CC)S(=O)(=O)c1cccc([N+](=O)[O-])c1. The van der Waals surface area contributed by atoms with E-state index in [0.29, 0.717) is 12.1 Å². The first-order valence-corrected chi connectivity index (χ1v) is 9.76. The number of anilines is 1. The fourth-order valence-corrected chi connectivity index (χ4v) is 4.05. The maximum atomic E-state index is 13.2. The normalized spacial score (nSPS) is 11.0. The highest BCUT2D eigenvalue weighted by Crippen LogP contribution is 2.29. The molecule has 0 amide bonds. The van der Waals surface area contributed by atoms with Gasteiger partial charge in [0.2, 0.25) is 0 Å². The summed E-state index contributed by atoms with van der Waals surface area (Å²) >= 11 is 0. The zero-order valence-electron chi connectivity index (χ0n) is 15.0. The lowest BCUT2D eigenvalue weighted by Gasteiger charge is -2.25. The van der Waals surface area contributed by atoms with Crippen LogP contribution < -0.4 is 4.31 Å². The van der Waals surface area contributed by atoms with Crippen LogP contribution in [0.4, 0.5) is 11.4 Å². The van der Waals surface area contributed by atoms with Crippen molar-refractivity contribution in [2.75, 3.05) is 17.5 Å². The standard InChI is InChI=1S/C18H20N2O6S/c1-3-14-8-5-6-11-17(14)19(13-18(21)26-4-2)27(24,25)16-10-7-9-15(12-16)20(22)23/h5-12H,3-4,13H2,1-2H3. The number of ether oxygens (including phenoxy) is 1. The first-order chi connectivity index (χ1) is 12.8. The summed E-state index contributed by atoms with van der Waals surface area (Å²) in [5, 5.41) is 11.0. The first kappa shape index (κ1) is 20.4. The number of hydrogen-bond acceptors (Lipinski definition) is 6. The fraction of sp³-hybridized carbons (Fsp3) is 0.278. The molecule has 2 rings (SSSR count). The quantitative estimate of drug-likeness (QED) is 0.388. The van der Waals surface area contributed by atoms with E-state index in [0.717, 1.165) is 15.9 Å². The number of para-hydroxylation sites is 1. The van der Waals surface area contributed by atoms with Crippen molar-refractivity contribution < 1.29 is 22.9 Å². The second-order valence-electron chi connectivity index (χ2n) is 5.55. The molecule has 0 spiro atoms. The minimum absolute atomic E-state index is 0.110. The monoisotopic (exact) mass is 392 g/mol. The molecule has 0 aromatic heterocycles. The number of benzene rings is 2. The minimum atomic E-state index is -4.23. The van der Waals surface area contributed by atoms with E-state index in [4.69, 9.17) is 4.74 Å². The van der Waals surface area contributed by atoms with Crippen molar-refractivity contribution in [2.24, 2.45) is 0 Å². The molecule has 27 heavy (non-hydrogen) atoms. The topological polar surface area (TPSA) is 107 Å². The number of nitrogens with zero attached hydrogens (tertiary/aromatic N) is 2. The lowest BCUT2D eigenvalue weighted by atomic mass is 10.1. The highest BCUT2D eigenvalue weighted by molar-refractivity contribution is 7.92. The molecule has 0 bridgehead atoms. The van der Waals surface area contributed by atoms with Crippen LogP contribution in [0.25, 0.3) is 0 Å². The van der Waals surface area contributed by atoms with Crippen LogP contribution in [0.2, 0.25) is 0 Å². The number of nitro groups is 1. The number of non-ortho nitro benzene ring substituents is 1. The van der Waals surface area contributed by atoms with Crippen molar-refractivity contribution in [3.63, 3.8) is 0 Å². The predicted octanol–water partition coefficient (Wildman–Crippen LogP) is 2.92. The molecule has 0 aliphatic rings. The van der Waals surface area contributed by atoms with Gasteiger partial charge in [0.25, 0.3) is 15.7 Å². The Morgan fingerprint density at radius 1 is 1.15 bits per heavy atom. The third-order valence-corrected chi connectivity index (χ3v) is 5.59. The van der Waals surface area contributed by atoms with Gasteiger partial charge in [-0.1, -0.05) is 31.2 Å². The molecule has 9 heteroatoms. The van der Waals surface area contributed by atoms with E-state index in [1.54, 1.807) is 31.2 Å². The van der Waals surface area contributed by atoms with E-state index in [9.17, 15) is 23.3 Å². The van der Waals surface area contributed by atoms with Gasteiger partial charge >= 0.3 is 5.97 Å². The van der Waals surface area contributed by atoms with E-state index in [1.165, 1.54) is 18.2 Å². The Morgan fingerprint density at radius 2 is 1.85 bits per heavy atom. The molecule has 144 valence electrons. The third-order valence-electron chi connectivity index (χ3n) is 3.84. The first-order valence-electron chi connectivity index (χ1n) is 8.32. The number of sulfonamides is 1. The van der Waals surface area contributed by atoms with E-state index >= 15 is 0 Å². The van der Waals surface area contributed by atoms with Crippen molar-refractivity contribution in [3.05, 3.63) is 64.2 Å². The van der Waals surface area contributed by atoms with Gasteiger partial charge in [-0.2, -0.15) is 0 Å². The molecule has 0 atom stereocenters. The molecule has 0 fully saturated rings. The summed E-state index contributed by atoms with van der Waals surface area (Å²) in [4.78, 5) is 22.1. The van der Waals surface area contributed by atoms with Crippen LogP contribution in [0.1, 0.15) is 19.4 Å². The van der Waals surface area contributed by atoms with Crippen molar-refractivity contribution >= 4 is 27.4 Å². The van der Waals surface area contributed by atoms with Crippen LogP contribution in [-0.4, -0.2) is 32.5 Å². The van der Waals surface area contributed by atoms with Crippen molar-refractivity contribution in [1.29, 1.82) is 0 Å². The summed E-state index contributed by atoms with van der Waals surface area (Å²) in [6, 6.07) is 11.5. The van der Waals surface area contributed by atoms with E-state index in [2.05, 4.69) is 0 Å². The summed E-state index contributed by atoms with van der Waals surface area (Å²) in [5.74, 6) is -0.711. The van der Waals surface area contributed by atoms with Crippen LogP contribution in [0.5, 0.6) is 0 Å². The smallest absolute Gasteiger partial charge is 0.326 e. The van der Waals surface area contributed by atoms with Gasteiger partial charge in [-0.25, -0.2) is 8.42 Å². The average molecular weight is 392 g/mol. The summed E-state index contributed by atoms with van der Waals surface area (Å²) in [6.07, 6.45) is 0.542. The zero-order chi connectivity index (χ0) is 20.0. The molecule has 0 heterocycles. The van der Waals surface area contributed by atoms with Crippen LogP contribution in [0, 0.1) is 10.1 Å². The van der Waals surface area contributed by atoms with Gasteiger partial charge in [0.15, 0.2) is 0 Å². The maximum absolute atomic E-state index is 13.2. The number of aryl methyl sites for hydroxylation is 1. The molecule has 0 aliphatic heterocycles. The third kappa shape index (κ3) is 4.62. The number of rotatable bonds is 8. The number of nitro benzene ring substituents is 1. The zero-order valence-corrected chi connectivity index (χ0v) is 15.8. The summed E-state index contributed by atoms with van der Waals surface area (Å²) in [5.41, 5.74) is 0.700. The molecular weight excluding hydrogens is 372 g/mol. The van der Waals surface area contributed by atoms with Gasteiger partial charge in [-0.05, 0) is 31.0 Å². The Bertz CT molecular complexity index is 942. The van der Waals surface area contributed by atoms with E-state index < -0.39 is 27.5 Å². The Balaban J connectivity index is 2.59. The van der Waals surface area contributed by atoms with E-state index in [-0.39, 0.29) is 17.2 Å². The minimum Gasteiger partial charge on any atom is -0.465 e. The van der Waals surface area contributed by atoms with Gasteiger partial charge in [0.05, 0.1) is 22.1 Å². The van der Waals surface area contributed by atoms with Crippen LogP contribution in [-0.2, 0) is 26.0 Å². The highest BCUT2D eigenvalue weighted by atomic mass is 32.2. The number of carbonyl (C=O) groups is 1. The molecule has 2 aromatic rings. The Hall–Kier alpha value is -2.94. The number of carbonyl (C=O) groups excluding carboxylic acids is 1. The molecule has 0 saturated heterocycles. The molecule has 0 saturated carbocycles. The molecule has 0 unspecified atom stereocenters. The van der Waals surface area contributed by atoms with Gasteiger partial charge in [-0.3, -0.25) is 19.2 Å². The lowest BCUT2D eigenvalue weighted by Crippen LogP contribution is -2.37. The van der Waals surface area contributed by atoms with Gasteiger partial charge in [-0.15, -0.1) is 0 Å². The maximum Gasteiger partial charge on any atom is 0.326 e. The van der Waals surface area contributed by atoms with Crippen molar-refractivity contribution in [3.8, 4) is 0 Å². The molecular formula is C18H20N2O6S. The number of hydrogen-bond donors (Lipinski definition) is 0. The Kier molecular flexibility index (Phi) is 6.51. The molecule has 2 aromatic carbocycles. The largest absolute Gasteiger partial charge is 0.465 e. The van der Waals surface area contributed by atoms with Gasteiger partial charge in [0, 0.05) is 12.1 Å². The summed E-state index contributed by atoms with van der Waals surface area (Å²) in [7, 11) is -4.23. The van der Waals surface area contributed by atoms with Crippen molar-refractivity contribution in [2.45, 2.75) is 25.2 Å². The average Bonchev–Trinajstić information content (AvgIpc) is 2.66. The lowest BCUT2D eigenvalue weighted by molar-refractivity contribution is -0.385. The molecule has 0 aliphatic carbocycles. The molecule has 8 nitrogen and oxygen atoms in total. The number of esters is 1. The van der Waals surface area contributed by atoms with Crippen LogP contribution >= 0.6 is 0 Å². The van der Waals surface area contributed by atoms with Gasteiger partial charge < -0.3 is 4.74 Å².